The molecule has 0 saturated heterocycles. The van der Waals surface area contributed by atoms with Crippen LogP contribution in [0.2, 0.25) is 0 Å². The number of aliphatic hydroxyl groups is 1. The van der Waals surface area contributed by atoms with Gasteiger partial charge in [0, 0.05) is 0 Å². The van der Waals surface area contributed by atoms with E-state index in [0.29, 0.717) is 5.56 Å². The molecular weight excluding hydrogens is 375 g/mol. The molecule has 2 N–H and O–H groups in total. The number of rotatable bonds is 5. The first-order valence-electron chi connectivity index (χ1n) is 8.47. The Morgan fingerprint density at radius 3 is 1.96 bits per heavy atom. The van der Waals surface area contributed by atoms with Crippen LogP contribution in [0.15, 0.2) is 54.6 Å². The molecule has 3 atom stereocenters. The number of alkyl halides is 3. The highest BCUT2D eigenvalue weighted by molar-refractivity contribution is 7.84. The normalized spacial score (nSPS) is 17.2. The molecule has 1 unspecified atom stereocenters. The fourth-order valence-corrected chi connectivity index (χ4v) is 3.62. The third-order valence-corrected chi connectivity index (χ3v) is 5.91. The molecule has 3 nitrogen and oxygen atoms in total. The predicted molar refractivity (Wildman–Crippen MR) is 101 cm³/mol. The first kappa shape index (κ1) is 21.6. The summed E-state index contributed by atoms with van der Waals surface area (Å²) in [6, 6.07) is 11.7. The van der Waals surface area contributed by atoms with Gasteiger partial charge in [0.05, 0.1) is 21.8 Å². The van der Waals surface area contributed by atoms with Gasteiger partial charge in [-0.1, -0.05) is 54.6 Å². The lowest BCUT2D eigenvalue weighted by Crippen LogP contribution is -2.54. The fourth-order valence-electron chi connectivity index (χ4n) is 2.75. The van der Waals surface area contributed by atoms with Gasteiger partial charge in [-0.3, -0.25) is 0 Å². The number of nitrogens with one attached hydrogen (secondary N) is 1. The molecule has 0 saturated carbocycles. The van der Waals surface area contributed by atoms with Crippen LogP contribution in [-0.2, 0) is 16.6 Å². The van der Waals surface area contributed by atoms with Gasteiger partial charge in [-0.2, -0.15) is 13.2 Å². The van der Waals surface area contributed by atoms with Crippen LogP contribution in [0.4, 0.5) is 13.2 Å². The summed E-state index contributed by atoms with van der Waals surface area (Å²) in [5, 5.41) is 11.0. The molecule has 0 radical (unpaired) electrons. The minimum atomic E-state index is -5.00. The molecule has 148 valence electrons. The number of halogens is 3. The first-order chi connectivity index (χ1) is 12.4. The Morgan fingerprint density at radius 1 is 0.963 bits per heavy atom. The SMILES string of the molecule is Cc1ccccc1[C@H](NS(=O)C(C)(C)C)[C@](O)(c1ccccc1)C(F)(F)F. The van der Waals surface area contributed by atoms with E-state index in [-0.39, 0.29) is 11.1 Å². The number of hydrogen-bond acceptors (Lipinski definition) is 2. The highest BCUT2D eigenvalue weighted by Crippen LogP contribution is 2.48. The largest absolute Gasteiger partial charge is 0.423 e. The lowest BCUT2D eigenvalue weighted by molar-refractivity contribution is -0.277. The van der Waals surface area contributed by atoms with Gasteiger partial charge in [-0.25, -0.2) is 8.93 Å². The minimum absolute atomic E-state index is 0.235. The van der Waals surface area contributed by atoms with E-state index < -0.39 is 33.6 Å². The molecule has 2 aromatic carbocycles. The third-order valence-electron chi connectivity index (χ3n) is 4.34. The molecular formula is C20H24F3NO2S. The maximum absolute atomic E-state index is 14.2. The molecule has 0 aliphatic heterocycles. The van der Waals surface area contributed by atoms with Crippen molar-refractivity contribution in [3.05, 3.63) is 71.3 Å². The molecule has 27 heavy (non-hydrogen) atoms. The standard InChI is InChI=1S/C20H24F3NO2S/c1-14-10-8-9-13-16(14)17(24-27(26)18(2,3)4)19(25,20(21,22)23)15-11-6-5-7-12-15/h5-13,17,24-25H,1-4H3/t17-,19+,27?/m0/s1. The van der Waals surface area contributed by atoms with Crippen molar-refractivity contribution in [1.82, 2.24) is 4.72 Å². The quantitative estimate of drug-likeness (QED) is 0.776. The minimum Gasteiger partial charge on any atom is -0.375 e. The molecule has 0 fully saturated rings. The molecule has 0 aliphatic carbocycles. The lowest BCUT2D eigenvalue weighted by Gasteiger charge is -2.40. The van der Waals surface area contributed by atoms with Crippen LogP contribution < -0.4 is 4.72 Å². The smallest absolute Gasteiger partial charge is 0.375 e. The number of benzene rings is 2. The Morgan fingerprint density at radius 2 is 1.48 bits per heavy atom. The molecule has 0 heterocycles. The lowest BCUT2D eigenvalue weighted by atomic mass is 9.81. The van der Waals surface area contributed by atoms with Gasteiger partial charge in [0.25, 0.3) is 0 Å². The molecule has 0 aliphatic rings. The van der Waals surface area contributed by atoms with E-state index in [1.807, 2.05) is 0 Å². The molecule has 2 rings (SSSR count). The number of aryl methyl sites for hydroxylation is 1. The Balaban J connectivity index is 2.72. The number of hydrogen-bond donors (Lipinski definition) is 2. The summed E-state index contributed by atoms with van der Waals surface area (Å²) >= 11 is 0. The molecule has 0 amide bonds. The Kier molecular flexibility index (Phi) is 6.19. The van der Waals surface area contributed by atoms with Gasteiger partial charge < -0.3 is 5.11 Å². The van der Waals surface area contributed by atoms with Gasteiger partial charge in [0.15, 0.2) is 0 Å². The summed E-state index contributed by atoms with van der Waals surface area (Å²) in [4.78, 5) is 0. The van der Waals surface area contributed by atoms with Crippen molar-refractivity contribution in [2.24, 2.45) is 0 Å². The van der Waals surface area contributed by atoms with E-state index in [0.717, 1.165) is 0 Å². The van der Waals surface area contributed by atoms with Gasteiger partial charge in [-0.15, -0.1) is 0 Å². The van der Waals surface area contributed by atoms with E-state index in [2.05, 4.69) is 4.72 Å². The van der Waals surface area contributed by atoms with Crippen LogP contribution >= 0.6 is 0 Å². The zero-order valence-corrected chi connectivity index (χ0v) is 16.5. The summed E-state index contributed by atoms with van der Waals surface area (Å²) in [5.41, 5.74) is -2.79. The van der Waals surface area contributed by atoms with E-state index in [9.17, 15) is 22.5 Å². The van der Waals surface area contributed by atoms with Crippen molar-refractivity contribution in [3.8, 4) is 0 Å². The van der Waals surface area contributed by atoms with Crippen molar-refractivity contribution in [2.75, 3.05) is 0 Å². The molecule has 0 bridgehead atoms. The first-order valence-corrected chi connectivity index (χ1v) is 9.62. The topological polar surface area (TPSA) is 49.3 Å². The van der Waals surface area contributed by atoms with Crippen molar-refractivity contribution in [3.63, 3.8) is 0 Å². The maximum Gasteiger partial charge on any atom is 0.423 e. The van der Waals surface area contributed by atoms with Crippen molar-refractivity contribution >= 4 is 11.0 Å². The van der Waals surface area contributed by atoms with Crippen LogP contribution in [0.1, 0.15) is 43.5 Å². The summed E-state index contributed by atoms with van der Waals surface area (Å²) in [5.74, 6) is 0. The predicted octanol–water partition coefficient (Wildman–Crippen LogP) is 4.54. The van der Waals surface area contributed by atoms with Gasteiger partial charge in [0.2, 0.25) is 5.60 Å². The van der Waals surface area contributed by atoms with Crippen molar-refractivity contribution < 1.29 is 22.5 Å². The van der Waals surface area contributed by atoms with Crippen LogP contribution in [0.3, 0.4) is 0 Å². The average Bonchev–Trinajstić information content (AvgIpc) is 2.58. The van der Waals surface area contributed by atoms with E-state index >= 15 is 0 Å². The molecule has 2 aromatic rings. The van der Waals surface area contributed by atoms with Gasteiger partial charge in [-0.05, 0) is 44.4 Å². The highest BCUT2D eigenvalue weighted by Gasteiger charge is 2.61. The summed E-state index contributed by atoms with van der Waals surface area (Å²) in [7, 11) is -1.84. The fraction of sp³-hybridized carbons (Fsp3) is 0.400. The second kappa shape index (κ2) is 7.73. The molecule has 7 heteroatoms. The Labute approximate surface area is 160 Å². The van der Waals surface area contributed by atoms with E-state index in [1.165, 1.54) is 30.3 Å². The zero-order chi connectivity index (χ0) is 20.5. The van der Waals surface area contributed by atoms with Crippen LogP contribution in [-0.4, -0.2) is 20.2 Å². The Hall–Kier alpha value is -1.70. The van der Waals surface area contributed by atoms with E-state index in [4.69, 9.17) is 0 Å². The zero-order valence-electron chi connectivity index (χ0n) is 15.7. The second-order valence-electron chi connectivity index (χ2n) is 7.42. The monoisotopic (exact) mass is 399 g/mol. The van der Waals surface area contributed by atoms with E-state index in [1.54, 1.807) is 52.0 Å². The highest BCUT2D eigenvalue weighted by atomic mass is 32.2. The Bertz CT molecular complexity index is 803. The summed E-state index contributed by atoms with van der Waals surface area (Å²) in [6.45, 7) is 6.62. The van der Waals surface area contributed by atoms with Gasteiger partial charge in [0.1, 0.15) is 0 Å². The molecule has 0 aromatic heterocycles. The third kappa shape index (κ3) is 4.42. The maximum atomic E-state index is 14.2. The molecule has 0 spiro atoms. The van der Waals surface area contributed by atoms with Crippen LogP contribution in [0.25, 0.3) is 0 Å². The summed E-state index contributed by atoms with van der Waals surface area (Å²) < 4.78 is 57.1. The van der Waals surface area contributed by atoms with Crippen molar-refractivity contribution in [1.29, 1.82) is 0 Å². The van der Waals surface area contributed by atoms with Crippen LogP contribution in [0, 0.1) is 6.92 Å². The second-order valence-corrected chi connectivity index (χ2v) is 9.42. The van der Waals surface area contributed by atoms with Gasteiger partial charge >= 0.3 is 6.18 Å². The van der Waals surface area contributed by atoms with Crippen molar-refractivity contribution in [2.45, 2.75) is 50.3 Å². The van der Waals surface area contributed by atoms with Crippen LogP contribution in [0.5, 0.6) is 0 Å². The average molecular weight is 399 g/mol. The summed E-state index contributed by atoms with van der Waals surface area (Å²) in [6.07, 6.45) is -5.00.